The number of nitrogens with zero attached hydrogens (tertiary/aromatic N) is 2. The Morgan fingerprint density at radius 3 is 3.24 bits per heavy atom. The van der Waals surface area contributed by atoms with Gasteiger partial charge in [-0.05, 0) is 50.3 Å². The Hall–Kier alpha value is -1.09. The van der Waals surface area contributed by atoms with Gasteiger partial charge in [-0.15, -0.1) is 0 Å². The van der Waals surface area contributed by atoms with Crippen LogP contribution in [0.5, 0.6) is 0 Å². The molecule has 3 heteroatoms. The SMILES string of the molecule is Cc1cccnc1N1CCC2NCCCC2C1. The molecule has 2 saturated heterocycles. The minimum atomic E-state index is 0.754. The second-order valence-corrected chi connectivity index (χ2v) is 5.34. The Bertz CT molecular complexity index is 391. The topological polar surface area (TPSA) is 28.2 Å². The van der Waals surface area contributed by atoms with Gasteiger partial charge in [0.2, 0.25) is 0 Å². The number of hydrogen-bond acceptors (Lipinski definition) is 3. The average molecular weight is 231 g/mol. The van der Waals surface area contributed by atoms with Crippen LogP contribution in [0.15, 0.2) is 18.3 Å². The van der Waals surface area contributed by atoms with E-state index in [-0.39, 0.29) is 0 Å². The lowest BCUT2D eigenvalue weighted by Gasteiger charge is -2.42. The molecule has 2 fully saturated rings. The number of piperidine rings is 2. The first kappa shape index (κ1) is 11.0. The van der Waals surface area contributed by atoms with Crippen LogP contribution in [0.25, 0.3) is 0 Å². The van der Waals surface area contributed by atoms with E-state index in [1.165, 1.54) is 43.7 Å². The summed E-state index contributed by atoms with van der Waals surface area (Å²) in [6.07, 6.45) is 5.88. The molecule has 0 radical (unpaired) electrons. The molecular formula is C14H21N3. The van der Waals surface area contributed by atoms with E-state index in [1.807, 2.05) is 12.3 Å². The molecule has 1 N–H and O–H groups in total. The summed E-state index contributed by atoms with van der Waals surface area (Å²) in [4.78, 5) is 7.02. The van der Waals surface area contributed by atoms with Gasteiger partial charge in [-0.3, -0.25) is 0 Å². The van der Waals surface area contributed by atoms with E-state index >= 15 is 0 Å². The monoisotopic (exact) mass is 231 g/mol. The van der Waals surface area contributed by atoms with Crippen LogP contribution in [0.4, 0.5) is 5.82 Å². The van der Waals surface area contributed by atoms with Crippen LogP contribution in [0.1, 0.15) is 24.8 Å². The van der Waals surface area contributed by atoms with Gasteiger partial charge in [0.05, 0.1) is 0 Å². The van der Waals surface area contributed by atoms with Gasteiger partial charge in [0.25, 0.3) is 0 Å². The maximum absolute atomic E-state index is 4.55. The quantitative estimate of drug-likeness (QED) is 0.801. The highest BCUT2D eigenvalue weighted by molar-refractivity contribution is 5.46. The first-order valence-corrected chi connectivity index (χ1v) is 6.74. The predicted molar refractivity (Wildman–Crippen MR) is 70.3 cm³/mol. The van der Waals surface area contributed by atoms with E-state index in [2.05, 4.69) is 28.2 Å². The van der Waals surface area contributed by atoms with Gasteiger partial charge in [0.15, 0.2) is 0 Å². The lowest BCUT2D eigenvalue weighted by Crippen LogP contribution is -2.52. The van der Waals surface area contributed by atoms with E-state index in [0.29, 0.717) is 0 Å². The highest BCUT2D eigenvalue weighted by atomic mass is 15.2. The highest BCUT2D eigenvalue weighted by Crippen LogP contribution is 2.28. The summed E-state index contributed by atoms with van der Waals surface area (Å²) >= 11 is 0. The Morgan fingerprint density at radius 1 is 1.41 bits per heavy atom. The number of nitrogens with one attached hydrogen (secondary N) is 1. The summed E-state index contributed by atoms with van der Waals surface area (Å²) in [6.45, 7) is 5.69. The van der Waals surface area contributed by atoms with Crippen molar-refractivity contribution in [1.29, 1.82) is 0 Å². The number of aryl methyl sites for hydroxylation is 1. The van der Waals surface area contributed by atoms with Crippen LogP contribution in [0.3, 0.4) is 0 Å². The smallest absolute Gasteiger partial charge is 0.131 e. The van der Waals surface area contributed by atoms with Crippen molar-refractivity contribution in [2.75, 3.05) is 24.5 Å². The third-order valence-electron chi connectivity index (χ3n) is 4.17. The molecule has 0 aliphatic carbocycles. The molecule has 2 atom stereocenters. The van der Waals surface area contributed by atoms with E-state index in [9.17, 15) is 0 Å². The van der Waals surface area contributed by atoms with Crippen molar-refractivity contribution in [2.24, 2.45) is 5.92 Å². The van der Waals surface area contributed by atoms with Crippen LogP contribution in [-0.4, -0.2) is 30.7 Å². The molecule has 2 aliphatic rings. The Morgan fingerprint density at radius 2 is 2.35 bits per heavy atom. The largest absolute Gasteiger partial charge is 0.356 e. The maximum atomic E-state index is 4.55. The van der Waals surface area contributed by atoms with Gasteiger partial charge in [-0.25, -0.2) is 4.98 Å². The van der Waals surface area contributed by atoms with Gasteiger partial charge in [0.1, 0.15) is 5.82 Å². The standard InChI is InChI=1S/C14H21N3/c1-11-4-2-8-16-14(11)17-9-6-13-12(10-17)5-3-7-15-13/h2,4,8,12-13,15H,3,5-7,9-10H2,1H3. The molecule has 2 aliphatic heterocycles. The van der Waals surface area contributed by atoms with Gasteiger partial charge in [-0.2, -0.15) is 0 Å². The van der Waals surface area contributed by atoms with E-state index in [0.717, 1.165) is 18.5 Å². The zero-order chi connectivity index (χ0) is 11.7. The van der Waals surface area contributed by atoms with Gasteiger partial charge in [0, 0.05) is 25.3 Å². The third kappa shape index (κ3) is 2.16. The predicted octanol–water partition coefficient (Wildman–Crippen LogP) is 1.97. The van der Waals surface area contributed by atoms with Crippen LogP contribution in [0.2, 0.25) is 0 Å². The van der Waals surface area contributed by atoms with Crippen LogP contribution < -0.4 is 10.2 Å². The highest BCUT2D eigenvalue weighted by Gasteiger charge is 2.31. The maximum Gasteiger partial charge on any atom is 0.131 e. The first-order valence-electron chi connectivity index (χ1n) is 6.74. The fourth-order valence-corrected chi connectivity index (χ4v) is 3.25. The van der Waals surface area contributed by atoms with E-state index < -0.39 is 0 Å². The molecule has 0 bridgehead atoms. The fraction of sp³-hybridized carbons (Fsp3) is 0.643. The molecule has 3 nitrogen and oxygen atoms in total. The first-order chi connectivity index (χ1) is 8.34. The van der Waals surface area contributed by atoms with Crippen LogP contribution in [0, 0.1) is 12.8 Å². The number of anilines is 1. The molecule has 3 heterocycles. The van der Waals surface area contributed by atoms with E-state index in [1.54, 1.807) is 0 Å². The molecule has 0 amide bonds. The van der Waals surface area contributed by atoms with Gasteiger partial charge >= 0.3 is 0 Å². The number of fused-ring (bicyclic) bond motifs is 1. The normalized spacial score (nSPS) is 28.9. The van der Waals surface area contributed by atoms with Crippen molar-refractivity contribution in [3.63, 3.8) is 0 Å². The number of pyridine rings is 1. The van der Waals surface area contributed by atoms with Crippen molar-refractivity contribution >= 4 is 5.82 Å². The molecule has 1 aromatic rings. The second kappa shape index (κ2) is 4.65. The summed E-state index contributed by atoms with van der Waals surface area (Å²) in [5.74, 6) is 2.01. The molecule has 2 unspecified atom stereocenters. The zero-order valence-electron chi connectivity index (χ0n) is 10.5. The summed E-state index contributed by atoms with van der Waals surface area (Å²) in [5, 5.41) is 3.66. The molecule has 17 heavy (non-hydrogen) atoms. The second-order valence-electron chi connectivity index (χ2n) is 5.34. The fourth-order valence-electron chi connectivity index (χ4n) is 3.25. The molecule has 92 valence electrons. The summed E-state index contributed by atoms with van der Waals surface area (Å²) in [6, 6.07) is 4.94. The summed E-state index contributed by atoms with van der Waals surface area (Å²) in [7, 11) is 0. The van der Waals surface area contributed by atoms with Crippen molar-refractivity contribution in [1.82, 2.24) is 10.3 Å². The molecule has 0 aromatic carbocycles. The van der Waals surface area contributed by atoms with Crippen LogP contribution in [-0.2, 0) is 0 Å². The minimum absolute atomic E-state index is 0.754. The molecule has 1 aromatic heterocycles. The average Bonchev–Trinajstić information content (AvgIpc) is 2.39. The van der Waals surface area contributed by atoms with Crippen molar-refractivity contribution in [2.45, 2.75) is 32.2 Å². The lowest BCUT2D eigenvalue weighted by atomic mass is 9.85. The van der Waals surface area contributed by atoms with Gasteiger partial charge in [-0.1, -0.05) is 6.07 Å². The summed E-state index contributed by atoms with van der Waals surface area (Å²) in [5.41, 5.74) is 1.30. The number of rotatable bonds is 1. The van der Waals surface area contributed by atoms with Crippen LogP contribution >= 0.6 is 0 Å². The molecule has 0 saturated carbocycles. The Kier molecular flexibility index (Phi) is 3.02. The van der Waals surface area contributed by atoms with E-state index in [4.69, 9.17) is 0 Å². The minimum Gasteiger partial charge on any atom is -0.356 e. The Labute approximate surface area is 103 Å². The molecular weight excluding hydrogens is 210 g/mol. The molecule has 0 spiro atoms. The molecule has 3 rings (SSSR count). The summed E-state index contributed by atoms with van der Waals surface area (Å²) < 4.78 is 0. The van der Waals surface area contributed by atoms with Crippen molar-refractivity contribution in [3.8, 4) is 0 Å². The third-order valence-corrected chi connectivity index (χ3v) is 4.17. The number of aromatic nitrogens is 1. The van der Waals surface area contributed by atoms with Crippen molar-refractivity contribution in [3.05, 3.63) is 23.9 Å². The number of hydrogen-bond donors (Lipinski definition) is 1. The van der Waals surface area contributed by atoms with Gasteiger partial charge < -0.3 is 10.2 Å². The Balaban J connectivity index is 1.76. The van der Waals surface area contributed by atoms with Crippen molar-refractivity contribution < 1.29 is 0 Å². The zero-order valence-corrected chi connectivity index (χ0v) is 10.5. The lowest BCUT2D eigenvalue weighted by molar-refractivity contribution is 0.244.